The fourth-order valence-electron chi connectivity index (χ4n) is 2.89. The van der Waals surface area contributed by atoms with Gasteiger partial charge in [-0.25, -0.2) is 0 Å². The van der Waals surface area contributed by atoms with Crippen LogP contribution in [0.15, 0.2) is 53.7 Å². The average molecular weight is 431 g/mol. The van der Waals surface area contributed by atoms with Crippen molar-refractivity contribution in [1.82, 2.24) is 19.7 Å². The lowest BCUT2D eigenvalue weighted by molar-refractivity contribution is -0.127. The lowest BCUT2D eigenvalue weighted by Crippen LogP contribution is -2.27. The summed E-state index contributed by atoms with van der Waals surface area (Å²) in [5.74, 6) is 1.83. The molecule has 0 saturated carbocycles. The highest BCUT2D eigenvalue weighted by atomic mass is 35.5. The third kappa shape index (κ3) is 5.31. The Labute approximate surface area is 179 Å². The number of carbonyl (C=O) groups excluding carboxylic acids is 1. The maximum atomic E-state index is 12.6. The highest BCUT2D eigenvalue weighted by Gasteiger charge is 2.16. The van der Waals surface area contributed by atoms with Crippen molar-refractivity contribution in [1.29, 1.82) is 0 Å². The monoisotopic (exact) mass is 430 g/mol. The number of benzene rings is 2. The topological polar surface area (TPSA) is 60.2 Å². The van der Waals surface area contributed by atoms with Crippen LogP contribution >= 0.6 is 23.4 Å². The molecule has 8 heteroatoms. The van der Waals surface area contributed by atoms with Crippen LogP contribution in [-0.2, 0) is 17.9 Å². The first-order valence-electron chi connectivity index (χ1n) is 9.20. The molecule has 1 aromatic heterocycles. The Kier molecular flexibility index (Phi) is 7.17. The number of hydrogen-bond acceptors (Lipinski definition) is 5. The van der Waals surface area contributed by atoms with Crippen molar-refractivity contribution in [2.24, 2.45) is 0 Å². The number of rotatable bonds is 8. The van der Waals surface area contributed by atoms with Crippen LogP contribution in [0.2, 0.25) is 5.02 Å². The second-order valence-corrected chi connectivity index (χ2v) is 7.83. The van der Waals surface area contributed by atoms with Crippen LogP contribution in [0.4, 0.5) is 0 Å². The van der Waals surface area contributed by atoms with Crippen molar-refractivity contribution in [3.63, 3.8) is 0 Å². The summed E-state index contributed by atoms with van der Waals surface area (Å²) in [4.78, 5) is 14.3. The quantitative estimate of drug-likeness (QED) is 0.496. The Balaban J connectivity index is 1.65. The smallest absolute Gasteiger partial charge is 0.233 e. The van der Waals surface area contributed by atoms with E-state index >= 15 is 0 Å². The number of amides is 1. The highest BCUT2D eigenvalue weighted by molar-refractivity contribution is 7.99. The lowest BCUT2D eigenvalue weighted by atomic mass is 10.2. The molecular formula is C21H23ClN4O2S. The number of carbonyl (C=O) groups is 1. The van der Waals surface area contributed by atoms with Gasteiger partial charge in [0.15, 0.2) is 11.0 Å². The van der Waals surface area contributed by atoms with Gasteiger partial charge in [-0.3, -0.25) is 4.79 Å². The Morgan fingerprint density at radius 1 is 1.21 bits per heavy atom. The molecule has 3 rings (SSSR count). The first kappa shape index (κ1) is 21.2. The minimum Gasteiger partial charge on any atom is -0.497 e. The molecule has 0 aliphatic carbocycles. The molecule has 0 bridgehead atoms. The molecule has 0 unspecified atom stereocenters. The van der Waals surface area contributed by atoms with Gasteiger partial charge in [0.25, 0.3) is 0 Å². The van der Waals surface area contributed by atoms with Crippen molar-refractivity contribution in [3.05, 3.63) is 59.1 Å². The summed E-state index contributed by atoms with van der Waals surface area (Å²) >= 11 is 7.49. The summed E-state index contributed by atoms with van der Waals surface area (Å²) in [5, 5.41) is 9.94. The molecule has 0 spiro atoms. The van der Waals surface area contributed by atoms with Gasteiger partial charge in [0.2, 0.25) is 5.91 Å². The van der Waals surface area contributed by atoms with E-state index in [0.29, 0.717) is 23.3 Å². The van der Waals surface area contributed by atoms with Crippen LogP contribution in [0.1, 0.15) is 12.5 Å². The second kappa shape index (κ2) is 9.80. The van der Waals surface area contributed by atoms with Crippen LogP contribution < -0.4 is 4.74 Å². The SMILES string of the molecule is CCn1c(SCC(=O)N(C)Cc2cccc(OC)c2)nnc1-c1cccc(Cl)c1. The predicted molar refractivity (Wildman–Crippen MR) is 116 cm³/mol. The minimum atomic E-state index is 0.0211. The normalized spacial score (nSPS) is 10.8. The van der Waals surface area contributed by atoms with Gasteiger partial charge in [-0.15, -0.1) is 10.2 Å². The van der Waals surface area contributed by atoms with Gasteiger partial charge in [0, 0.05) is 30.7 Å². The molecule has 0 aliphatic rings. The van der Waals surface area contributed by atoms with E-state index in [2.05, 4.69) is 10.2 Å². The summed E-state index contributed by atoms with van der Waals surface area (Å²) in [7, 11) is 3.43. The molecule has 0 aliphatic heterocycles. The van der Waals surface area contributed by atoms with Crippen molar-refractivity contribution in [2.75, 3.05) is 19.9 Å². The van der Waals surface area contributed by atoms with E-state index < -0.39 is 0 Å². The molecule has 0 atom stereocenters. The molecule has 0 N–H and O–H groups in total. The zero-order valence-corrected chi connectivity index (χ0v) is 18.2. The second-order valence-electron chi connectivity index (χ2n) is 6.45. The summed E-state index contributed by atoms with van der Waals surface area (Å²) < 4.78 is 7.23. The maximum Gasteiger partial charge on any atom is 0.233 e. The number of methoxy groups -OCH3 is 1. The van der Waals surface area contributed by atoms with Crippen LogP contribution in [0, 0.1) is 0 Å². The Morgan fingerprint density at radius 2 is 2.00 bits per heavy atom. The zero-order valence-electron chi connectivity index (χ0n) is 16.6. The Bertz CT molecular complexity index is 992. The number of nitrogens with zero attached hydrogens (tertiary/aromatic N) is 4. The molecule has 1 heterocycles. The summed E-state index contributed by atoms with van der Waals surface area (Å²) in [6, 6.07) is 15.2. The standard InChI is InChI=1S/C21H23ClN4O2S/c1-4-26-20(16-8-6-9-17(22)12-16)23-24-21(26)29-14-19(27)25(2)13-15-7-5-10-18(11-15)28-3/h5-12H,4,13-14H2,1-3H3. The van der Waals surface area contributed by atoms with Gasteiger partial charge in [-0.2, -0.15) is 0 Å². The molecule has 2 aromatic carbocycles. The van der Waals surface area contributed by atoms with Gasteiger partial charge in [0.05, 0.1) is 12.9 Å². The number of halogens is 1. The van der Waals surface area contributed by atoms with Crippen LogP contribution in [0.5, 0.6) is 5.75 Å². The molecule has 1 amide bonds. The van der Waals surface area contributed by atoms with Crippen molar-refractivity contribution in [2.45, 2.75) is 25.2 Å². The first-order valence-corrected chi connectivity index (χ1v) is 10.6. The van der Waals surface area contributed by atoms with E-state index in [1.807, 2.05) is 60.0 Å². The number of hydrogen-bond donors (Lipinski definition) is 0. The Hall–Kier alpha value is -2.51. The molecule has 0 fully saturated rings. The fraction of sp³-hybridized carbons (Fsp3) is 0.286. The molecule has 29 heavy (non-hydrogen) atoms. The highest BCUT2D eigenvalue weighted by Crippen LogP contribution is 2.26. The predicted octanol–water partition coefficient (Wildman–Crippen LogP) is 4.38. The van der Waals surface area contributed by atoms with Crippen LogP contribution in [-0.4, -0.2) is 45.5 Å². The van der Waals surface area contributed by atoms with Gasteiger partial charge in [0.1, 0.15) is 5.75 Å². The largest absolute Gasteiger partial charge is 0.497 e. The lowest BCUT2D eigenvalue weighted by Gasteiger charge is -2.17. The first-order chi connectivity index (χ1) is 14.0. The molecule has 152 valence electrons. The molecule has 3 aromatic rings. The number of aromatic nitrogens is 3. The van der Waals surface area contributed by atoms with Gasteiger partial charge < -0.3 is 14.2 Å². The van der Waals surface area contributed by atoms with Gasteiger partial charge in [-0.05, 0) is 36.8 Å². The maximum absolute atomic E-state index is 12.6. The van der Waals surface area contributed by atoms with Gasteiger partial charge in [-0.1, -0.05) is 47.6 Å². The van der Waals surface area contributed by atoms with Gasteiger partial charge >= 0.3 is 0 Å². The molecule has 0 saturated heterocycles. The van der Waals surface area contributed by atoms with Crippen molar-refractivity contribution in [3.8, 4) is 17.1 Å². The van der Waals surface area contributed by atoms with Crippen molar-refractivity contribution >= 4 is 29.3 Å². The van der Waals surface area contributed by atoms with Crippen molar-refractivity contribution < 1.29 is 9.53 Å². The molecule has 0 radical (unpaired) electrons. The summed E-state index contributed by atoms with van der Waals surface area (Å²) in [5.41, 5.74) is 1.92. The summed E-state index contributed by atoms with van der Waals surface area (Å²) in [6.07, 6.45) is 0. The van der Waals surface area contributed by atoms with E-state index in [4.69, 9.17) is 16.3 Å². The Morgan fingerprint density at radius 3 is 2.72 bits per heavy atom. The van der Waals surface area contributed by atoms with E-state index in [1.54, 1.807) is 19.1 Å². The molecule has 6 nitrogen and oxygen atoms in total. The van der Waals surface area contributed by atoms with E-state index in [1.165, 1.54) is 11.8 Å². The third-order valence-corrected chi connectivity index (χ3v) is 5.61. The summed E-state index contributed by atoms with van der Waals surface area (Å²) in [6.45, 7) is 3.24. The number of thioether (sulfide) groups is 1. The van der Waals surface area contributed by atoms with E-state index in [9.17, 15) is 4.79 Å². The average Bonchev–Trinajstić information content (AvgIpc) is 3.15. The van der Waals surface area contributed by atoms with E-state index in [-0.39, 0.29) is 11.7 Å². The van der Waals surface area contributed by atoms with E-state index in [0.717, 1.165) is 22.7 Å². The minimum absolute atomic E-state index is 0.0211. The van der Waals surface area contributed by atoms with Crippen LogP contribution in [0.25, 0.3) is 11.4 Å². The fourth-order valence-corrected chi connectivity index (χ4v) is 4.02. The molecular weight excluding hydrogens is 408 g/mol. The zero-order chi connectivity index (χ0) is 20.8. The third-order valence-electron chi connectivity index (χ3n) is 4.42. The van der Waals surface area contributed by atoms with Crippen LogP contribution in [0.3, 0.4) is 0 Å². The number of ether oxygens (including phenoxy) is 1.